The Bertz CT molecular complexity index is 2430. The smallest absolute Gasteiger partial charge is 0.101 e. The molecule has 0 amide bonds. The van der Waals surface area contributed by atoms with Gasteiger partial charge in [0.15, 0.2) is 0 Å². The van der Waals surface area contributed by atoms with Crippen LogP contribution in [0.4, 0.5) is 0 Å². The largest absolute Gasteiger partial charge is 0.263 e. The Kier molecular flexibility index (Phi) is 5.21. The van der Waals surface area contributed by atoms with Crippen molar-refractivity contribution in [2.75, 3.05) is 0 Å². The summed E-state index contributed by atoms with van der Waals surface area (Å²) in [6.07, 6.45) is 6.75. The molecule has 4 heteroatoms. The van der Waals surface area contributed by atoms with Crippen molar-refractivity contribution < 1.29 is 0 Å². The maximum Gasteiger partial charge on any atom is 0.101 e. The number of nitrogens with zero attached hydrogens (tertiary/aromatic N) is 4. The van der Waals surface area contributed by atoms with Gasteiger partial charge in [0.1, 0.15) is 12.1 Å². The van der Waals surface area contributed by atoms with Crippen molar-refractivity contribution in [3.8, 4) is 56.6 Å². The minimum absolute atomic E-state index is 0.552. The molecule has 0 saturated heterocycles. The highest BCUT2D eigenvalue weighted by Gasteiger charge is 2.52. The summed E-state index contributed by atoms with van der Waals surface area (Å²) in [5.74, 6) is 0. The van der Waals surface area contributed by atoms with E-state index in [0.29, 0.717) is 11.1 Å². The van der Waals surface area contributed by atoms with E-state index in [2.05, 4.69) is 119 Å². The summed E-state index contributed by atoms with van der Waals surface area (Å²) >= 11 is 0. The standard InChI is InChI=1S/C41H22N4/c42-21-28-23-44-17-15-30(28)25-9-12-32-26(19-25)11-14-36-35-13-10-27(31-16-18-45-24-29(31)22-43)20-39(35)41(40(32)36)37-7-3-1-5-33(37)34-6-2-4-8-38(34)41/h1-20,23-24H. The highest BCUT2D eigenvalue weighted by Crippen LogP contribution is 2.64. The highest BCUT2D eigenvalue weighted by atomic mass is 14.6. The zero-order valence-corrected chi connectivity index (χ0v) is 24.0. The molecule has 9 rings (SSSR count). The number of hydrogen-bond acceptors (Lipinski definition) is 4. The van der Waals surface area contributed by atoms with E-state index < -0.39 is 5.41 Å². The molecule has 206 valence electrons. The lowest BCUT2D eigenvalue weighted by molar-refractivity contribution is 0.801. The minimum Gasteiger partial charge on any atom is -0.263 e. The first-order chi connectivity index (χ1) is 22.2. The van der Waals surface area contributed by atoms with Crippen molar-refractivity contribution in [2.24, 2.45) is 0 Å². The van der Waals surface area contributed by atoms with E-state index in [-0.39, 0.29) is 0 Å². The van der Waals surface area contributed by atoms with Gasteiger partial charge in [-0.3, -0.25) is 9.97 Å². The van der Waals surface area contributed by atoms with Crippen molar-refractivity contribution in [3.05, 3.63) is 167 Å². The number of benzene rings is 5. The number of hydrogen-bond donors (Lipinski definition) is 0. The molecule has 2 aliphatic rings. The fourth-order valence-corrected chi connectivity index (χ4v) is 7.78. The Morgan fingerprint density at radius 3 is 1.69 bits per heavy atom. The zero-order chi connectivity index (χ0) is 30.1. The second-order valence-electron chi connectivity index (χ2n) is 11.6. The normalized spacial score (nSPS) is 13.0. The summed E-state index contributed by atoms with van der Waals surface area (Å²) in [7, 11) is 0. The molecular weight excluding hydrogens is 548 g/mol. The molecular formula is C41H22N4. The minimum atomic E-state index is -0.552. The fourth-order valence-electron chi connectivity index (χ4n) is 7.78. The summed E-state index contributed by atoms with van der Waals surface area (Å²) in [6, 6.07) is 43.6. The zero-order valence-electron chi connectivity index (χ0n) is 24.0. The molecule has 0 saturated carbocycles. The van der Waals surface area contributed by atoms with Crippen LogP contribution in [0.2, 0.25) is 0 Å². The van der Waals surface area contributed by atoms with Crippen LogP contribution in [0.25, 0.3) is 55.3 Å². The Morgan fingerprint density at radius 1 is 0.489 bits per heavy atom. The van der Waals surface area contributed by atoms with Crippen LogP contribution in [-0.4, -0.2) is 9.97 Å². The fraction of sp³-hybridized carbons (Fsp3) is 0.0244. The first-order valence-corrected chi connectivity index (χ1v) is 14.8. The molecule has 0 fully saturated rings. The monoisotopic (exact) mass is 570 g/mol. The van der Waals surface area contributed by atoms with E-state index in [0.717, 1.165) is 27.6 Å². The van der Waals surface area contributed by atoms with E-state index in [1.54, 1.807) is 24.8 Å². The Labute approximate surface area is 260 Å². The number of rotatable bonds is 2. The summed E-state index contributed by atoms with van der Waals surface area (Å²) in [6.45, 7) is 0. The highest BCUT2D eigenvalue weighted by molar-refractivity contribution is 6.05. The molecule has 1 spiro atoms. The van der Waals surface area contributed by atoms with Crippen molar-refractivity contribution in [2.45, 2.75) is 5.41 Å². The van der Waals surface area contributed by atoms with Crippen LogP contribution in [-0.2, 0) is 5.41 Å². The quantitative estimate of drug-likeness (QED) is 0.208. The van der Waals surface area contributed by atoms with Crippen molar-refractivity contribution in [1.29, 1.82) is 10.5 Å². The number of fused-ring (bicyclic) bond motifs is 12. The summed E-state index contributed by atoms with van der Waals surface area (Å²) < 4.78 is 0. The van der Waals surface area contributed by atoms with Gasteiger partial charge in [-0.05, 0) is 90.7 Å². The van der Waals surface area contributed by atoms with Crippen LogP contribution in [0, 0.1) is 22.7 Å². The van der Waals surface area contributed by atoms with E-state index in [4.69, 9.17) is 0 Å². The third-order valence-electron chi connectivity index (χ3n) is 9.57. The van der Waals surface area contributed by atoms with Gasteiger partial charge in [0.2, 0.25) is 0 Å². The van der Waals surface area contributed by atoms with Crippen LogP contribution in [0.5, 0.6) is 0 Å². The van der Waals surface area contributed by atoms with E-state index >= 15 is 0 Å². The number of nitriles is 2. The van der Waals surface area contributed by atoms with Gasteiger partial charge < -0.3 is 0 Å². The number of pyridine rings is 2. The Morgan fingerprint density at radius 2 is 1.04 bits per heavy atom. The van der Waals surface area contributed by atoms with Crippen LogP contribution in [0.15, 0.2) is 134 Å². The van der Waals surface area contributed by atoms with Crippen molar-refractivity contribution in [3.63, 3.8) is 0 Å². The lowest BCUT2D eigenvalue weighted by atomic mass is 9.69. The second kappa shape index (κ2) is 9.32. The van der Waals surface area contributed by atoms with Gasteiger partial charge in [-0.25, -0.2) is 0 Å². The van der Waals surface area contributed by atoms with Crippen molar-refractivity contribution >= 4 is 10.8 Å². The molecule has 0 N–H and O–H groups in total. The van der Waals surface area contributed by atoms with Gasteiger partial charge in [0.25, 0.3) is 0 Å². The molecule has 4 nitrogen and oxygen atoms in total. The molecule has 2 heterocycles. The maximum atomic E-state index is 9.93. The van der Waals surface area contributed by atoms with Gasteiger partial charge >= 0.3 is 0 Å². The molecule has 0 unspecified atom stereocenters. The van der Waals surface area contributed by atoms with Crippen molar-refractivity contribution in [1.82, 2.24) is 9.97 Å². The molecule has 0 radical (unpaired) electrons. The number of aromatic nitrogens is 2. The van der Waals surface area contributed by atoms with E-state index in [1.165, 1.54) is 49.9 Å². The summed E-state index contributed by atoms with van der Waals surface area (Å²) in [5.41, 5.74) is 14.2. The molecule has 0 bridgehead atoms. The van der Waals surface area contributed by atoms with E-state index in [9.17, 15) is 10.5 Å². The van der Waals surface area contributed by atoms with Gasteiger partial charge in [-0.15, -0.1) is 0 Å². The summed E-state index contributed by atoms with van der Waals surface area (Å²) in [5, 5.41) is 22.0. The third-order valence-corrected chi connectivity index (χ3v) is 9.57. The molecule has 7 aromatic rings. The first-order valence-electron chi connectivity index (χ1n) is 14.8. The first kappa shape index (κ1) is 25.2. The van der Waals surface area contributed by atoms with Gasteiger partial charge in [0, 0.05) is 35.9 Å². The van der Waals surface area contributed by atoms with E-state index in [1.807, 2.05) is 12.1 Å². The molecule has 5 aromatic carbocycles. The Balaban J connectivity index is 1.40. The van der Waals surface area contributed by atoms with Crippen LogP contribution in [0.3, 0.4) is 0 Å². The van der Waals surface area contributed by atoms with Gasteiger partial charge in [-0.1, -0.05) is 84.9 Å². The summed E-state index contributed by atoms with van der Waals surface area (Å²) in [4.78, 5) is 8.37. The Hall–Kier alpha value is -6.36. The van der Waals surface area contributed by atoms with Crippen LogP contribution < -0.4 is 0 Å². The molecule has 2 aliphatic carbocycles. The third kappa shape index (κ3) is 3.29. The SMILES string of the molecule is N#Cc1cnccc1-c1ccc2c(c1)C1(c3ccccc3-c3ccccc31)c1c-2ccc2cc(-c3ccncc3C#N)ccc12. The average Bonchev–Trinajstić information content (AvgIpc) is 3.58. The average molecular weight is 571 g/mol. The van der Waals surface area contributed by atoms with Crippen LogP contribution in [0.1, 0.15) is 33.4 Å². The molecule has 2 aromatic heterocycles. The maximum absolute atomic E-state index is 9.93. The predicted octanol–water partition coefficient (Wildman–Crippen LogP) is 9.05. The predicted molar refractivity (Wildman–Crippen MR) is 176 cm³/mol. The van der Waals surface area contributed by atoms with Crippen LogP contribution >= 0.6 is 0 Å². The lowest BCUT2D eigenvalue weighted by Gasteiger charge is -2.31. The second-order valence-corrected chi connectivity index (χ2v) is 11.6. The lowest BCUT2D eigenvalue weighted by Crippen LogP contribution is -2.26. The molecule has 0 atom stereocenters. The van der Waals surface area contributed by atoms with Gasteiger partial charge in [-0.2, -0.15) is 10.5 Å². The topological polar surface area (TPSA) is 73.4 Å². The molecule has 45 heavy (non-hydrogen) atoms. The van der Waals surface area contributed by atoms with Gasteiger partial charge in [0.05, 0.1) is 16.5 Å². The molecule has 0 aliphatic heterocycles.